The summed E-state index contributed by atoms with van der Waals surface area (Å²) in [6, 6.07) is 7.29. The van der Waals surface area contributed by atoms with Gasteiger partial charge in [0.1, 0.15) is 5.75 Å². The van der Waals surface area contributed by atoms with E-state index in [0.717, 1.165) is 11.4 Å². The van der Waals surface area contributed by atoms with Crippen LogP contribution in [0.4, 0.5) is 5.69 Å². The molecule has 19 heavy (non-hydrogen) atoms. The predicted octanol–water partition coefficient (Wildman–Crippen LogP) is 2.06. The van der Waals surface area contributed by atoms with Gasteiger partial charge in [0.15, 0.2) is 5.11 Å². The minimum atomic E-state index is -0.371. The van der Waals surface area contributed by atoms with Crippen LogP contribution in [0.2, 0.25) is 0 Å². The van der Waals surface area contributed by atoms with Crippen LogP contribution >= 0.6 is 12.2 Å². The first-order valence-electron chi connectivity index (χ1n) is 5.52. The molecule has 0 atom stereocenters. The highest BCUT2D eigenvalue weighted by Crippen LogP contribution is 2.14. The second kappa shape index (κ2) is 7.38. The Bertz CT molecular complexity index is 471. The van der Waals surface area contributed by atoms with E-state index in [1.807, 2.05) is 24.3 Å². The van der Waals surface area contributed by atoms with Crippen LogP contribution in [0.5, 0.6) is 5.75 Å². The van der Waals surface area contributed by atoms with Gasteiger partial charge in [-0.2, -0.15) is 0 Å². The molecule has 0 bridgehead atoms. The fourth-order valence-electron chi connectivity index (χ4n) is 1.29. The summed E-state index contributed by atoms with van der Waals surface area (Å²) in [4.78, 5) is 11.0. The van der Waals surface area contributed by atoms with E-state index in [0.29, 0.717) is 10.8 Å². The molecule has 2 N–H and O–H groups in total. The lowest BCUT2D eigenvalue weighted by Crippen LogP contribution is -2.28. The number of carbonyl (C=O) groups excluding carboxylic acids is 1. The number of carbonyl (C=O) groups is 1. The standard InChI is InChI=1S/C13H16N2O3S/c1-9(8-12(16)18-3)14-13(19)15-10-4-6-11(17-2)7-5-10/h4-7H,1,8H2,2-3H3,(H2,14,15,19). The third-order valence-corrected chi connectivity index (χ3v) is 2.43. The molecule has 0 aliphatic rings. The lowest BCUT2D eigenvalue weighted by molar-refractivity contribution is -0.139. The van der Waals surface area contributed by atoms with Crippen molar-refractivity contribution in [1.29, 1.82) is 0 Å². The van der Waals surface area contributed by atoms with E-state index in [2.05, 4.69) is 21.9 Å². The molecule has 1 aromatic rings. The minimum absolute atomic E-state index is 0.0704. The summed E-state index contributed by atoms with van der Waals surface area (Å²) in [5.74, 6) is 0.393. The molecule has 0 unspecified atom stereocenters. The smallest absolute Gasteiger partial charge is 0.311 e. The quantitative estimate of drug-likeness (QED) is 0.636. The van der Waals surface area contributed by atoms with Crippen molar-refractivity contribution >= 4 is 29.0 Å². The Hall–Kier alpha value is -2.08. The lowest BCUT2D eigenvalue weighted by atomic mass is 10.3. The van der Waals surface area contributed by atoms with E-state index in [-0.39, 0.29) is 12.4 Å². The van der Waals surface area contributed by atoms with Crippen LogP contribution in [0.15, 0.2) is 36.5 Å². The number of thiocarbonyl (C=S) groups is 1. The molecule has 5 nitrogen and oxygen atoms in total. The van der Waals surface area contributed by atoms with E-state index in [1.54, 1.807) is 7.11 Å². The molecular weight excluding hydrogens is 264 g/mol. The molecule has 0 aromatic heterocycles. The van der Waals surface area contributed by atoms with Crippen LogP contribution in [0, 0.1) is 0 Å². The average molecular weight is 280 g/mol. The average Bonchev–Trinajstić information content (AvgIpc) is 2.39. The van der Waals surface area contributed by atoms with E-state index < -0.39 is 0 Å². The molecule has 0 radical (unpaired) electrons. The number of rotatable bonds is 5. The highest BCUT2D eigenvalue weighted by Gasteiger charge is 2.05. The first kappa shape index (κ1) is 15.0. The number of hydrogen-bond acceptors (Lipinski definition) is 4. The molecule has 6 heteroatoms. The molecule has 0 saturated carbocycles. The largest absolute Gasteiger partial charge is 0.497 e. The van der Waals surface area contributed by atoms with Gasteiger partial charge < -0.3 is 20.1 Å². The second-order valence-corrected chi connectivity index (χ2v) is 4.07. The van der Waals surface area contributed by atoms with Gasteiger partial charge in [-0.1, -0.05) is 6.58 Å². The van der Waals surface area contributed by atoms with Crippen molar-refractivity contribution in [3.8, 4) is 5.75 Å². The molecule has 0 fully saturated rings. The maximum absolute atomic E-state index is 11.0. The Morgan fingerprint density at radius 1 is 1.32 bits per heavy atom. The Kier molecular flexibility index (Phi) is 5.81. The maximum Gasteiger partial charge on any atom is 0.311 e. The van der Waals surface area contributed by atoms with Gasteiger partial charge in [-0.15, -0.1) is 0 Å². The second-order valence-electron chi connectivity index (χ2n) is 3.66. The fraction of sp³-hybridized carbons (Fsp3) is 0.231. The number of benzene rings is 1. The zero-order chi connectivity index (χ0) is 14.3. The van der Waals surface area contributed by atoms with Crippen LogP contribution < -0.4 is 15.4 Å². The molecule has 0 aliphatic heterocycles. The summed E-state index contributed by atoms with van der Waals surface area (Å²) in [6.45, 7) is 3.69. The summed E-state index contributed by atoms with van der Waals surface area (Å²) in [5, 5.41) is 6.14. The number of methoxy groups -OCH3 is 2. The number of esters is 1. The van der Waals surface area contributed by atoms with Gasteiger partial charge in [-0.05, 0) is 36.5 Å². The highest BCUT2D eigenvalue weighted by molar-refractivity contribution is 7.80. The van der Waals surface area contributed by atoms with Crippen LogP contribution in [0.1, 0.15) is 6.42 Å². The van der Waals surface area contributed by atoms with Gasteiger partial charge in [-0.3, -0.25) is 4.79 Å². The molecule has 1 aromatic carbocycles. The molecule has 0 spiro atoms. The Morgan fingerprint density at radius 2 is 1.95 bits per heavy atom. The van der Waals surface area contributed by atoms with Crippen molar-refractivity contribution in [3.63, 3.8) is 0 Å². The predicted molar refractivity (Wildman–Crippen MR) is 78.1 cm³/mol. The van der Waals surface area contributed by atoms with E-state index in [1.165, 1.54) is 7.11 Å². The Balaban J connectivity index is 2.46. The normalized spacial score (nSPS) is 9.37. The van der Waals surface area contributed by atoms with Gasteiger partial charge in [-0.25, -0.2) is 0 Å². The SMILES string of the molecule is C=C(CC(=O)OC)NC(=S)Nc1ccc(OC)cc1. The number of anilines is 1. The van der Waals surface area contributed by atoms with Gasteiger partial charge in [0, 0.05) is 11.4 Å². The Labute approximate surface area is 117 Å². The first-order valence-corrected chi connectivity index (χ1v) is 5.92. The zero-order valence-corrected chi connectivity index (χ0v) is 11.7. The summed E-state index contributed by atoms with van der Waals surface area (Å²) in [5.41, 5.74) is 1.28. The van der Waals surface area contributed by atoms with Crippen LogP contribution in [0.3, 0.4) is 0 Å². The fourth-order valence-corrected chi connectivity index (χ4v) is 1.55. The molecule has 0 heterocycles. The van der Waals surface area contributed by atoms with Gasteiger partial charge in [0.2, 0.25) is 0 Å². The van der Waals surface area contributed by atoms with E-state index in [4.69, 9.17) is 17.0 Å². The number of ether oxygens (including phenoxy) is 2. The molecule has 0 amide bonds. The van der Waals surface area contributed by atoms with Crippen LogP contribution in [0.25, 0.3) is 0 Å². The molecule has 1 rings (SSSR count). The molecule has 0 aliphatic carbocycles. The maximum atomic E-state index is 11.0. The van der Waals surface area contributed by atoms with E-state index in [9.17, 15) is 4.79 Å². The van der Waals surface area contributed by atoms with Crippen molar-refractivity contribution in [3.05, 3.63) is 36.5 Å². The van der Waals surface area contributed by atoms with Crippen LogP contribution in [-0.4, -0.2) is 25.3 Å². The Morgan fingerprint density at radius 3 is 2.47 bits per heavy atom. The third kappa shape index (κ3) is 5.39. The summed E-state index contributed by atoms with van der Waals surface area (Å²) < 4.78 is 9.58. The summed E-state index contributed by atoms with van der Waals surface area (Å²) in [7, 11) is 2.93. The molecule has 102 valence electrons. The summed E-state index contributed by atoms with van der Waals surface area (Å²) in [6.07, 6.45) is 0.0704. The lowest BCUT2D eigenvalue weighted by Gasteiger charge is -2.12. The van der Waals surface area contributed by atoms with Crippen molar-refractivity contribution in [1.82, 2.24) is 5.32 Å². The molecular formula is C13H16N2O3S. The zero-order valence-electron chi connectivity index (χ0n) is 10.9. The van der Waals surface area contributed by atoms with Gasteiger partial charge in [0.25, 0.3) is 0 Å². The monoisotopic (exact) mass is 280 g/mol. The topological polar surface area (TPSA) is 59.6 Å². The summed E-state index contributed by atoms with van der Waals surface area (Å²) >= 11 is 5.10. The number of hydrogen-bond donors (Lipinski definition) is 2. The van der Waals surface area contributed by atoms with E-state index >= 15 is 0 Å². The third-order valence-electron chi connectivity index (χ3n) is 2.22. The van der Waals surface area contributed by atoms with Crippen LogP contribution in [-0.2, 0) is 9.53 Å². The molecule has 0 saturated heterocycles. The number of nitrogens with one attached hydrogen (secondary N) is 2. The van der Waals surface area contributed by atoms with Crippen molar-refractivity contribution in [2.75, 3.05) is 19.5 Å². The first-order chi connectivity index (χ1) is 9.05. The van der Waals surface area contributed by atoms with Crippen molar-refractivity contribution in [2.24, 2.45) is 0 Å². The van der Waals surface area contributed by atoms with Gasteiger partial charge >= 0.3 is 5.97 Å². The van der Waals surface area contributed by atoms with Gasteiger partial charge in [0.05, 0.1) is 20.6 Å². The minimum Gasteiger partial charge on any atom is -0.497 e. The van der Waals surface area contributed by atoms with Crippen molar-refractivity contribution in [2.45, 2.75) is 6.42 Å². The highest BCUT2D eigenvalue weighted by atomic mass is 32.1. The van der Waals surface area contributed by atoms with Crippen molar-refractivity contribution < 1.29 is 14.3 Å².